The van der Waals surface area contributed by atoms with Crippen molar-refractivity contribution < 1.29 is 33.2 Å². The quantitative estimate of drug-likeness (QED) is 0.263. The molecular weight excluding hydrogens is 496 g/mol. The van der Waals surface area contributed by atoms with Gasteiger partial charge in [0, 0.05) is 50.9 Å². The van der Waals surface area contributed by atoms with Crippen LogP contribution < -0.4 is 9.47 Å². The first kappa shape index (κ1) is 27.6. The Morgan fingerprint density at radius 2 is 1.67 bits per heavy atom. The Bertz CT molecular complexity index is 1230. The number of allylic oxidation sites excluding steroid dienone is 2. The van der Waals surface area contributed by atoms with Crippen LogP contribution in [0.25, 0.3) is 11.1 Å². The molecule has 0 amide bonds. The summed E-state index contributed by atoms with van der Waals surface area (Å²) in [5.41, 5.74) is 4.72. The van der Waals surface area contributed by atoms with E-state index in [0.717, 1.165) is 45.7 Å². The van der Waals surface area contributed by atoms with Crippen molar-refractivity contribution in [1.29, 1.82) is 0 Å². The largest absolute Gasteiger partial charge is 0.488 e. The Balaban J connectivity index is 1.71. The van der Waals surface area contributed by atoms with Crippen molar-refractivity contribution >= 4 is 0 Å². The molecule has 1 aliphatic carbocycles. The van der Waals surface area contributed by atoms with E-state index < -0.39 is 17.5 Å². The Kier molecular flexibility index (Phi) is 8.26. The van der Waals surface area contributed by atoms with Gasteiger partial charge < -0.3 is 33.2 Å². The molecule has 7 nitrogen and oxygen atoms in total. The molecule has 208 valence electrons. The third kappa shape index (κ3) is 5.17. The molecule has 0 aromatic heterocycles. The Labute approximate surface area is 230 Å². The smallest absolute Gasteiger partial charge is 0.191 e. The lowest BCUT2D eigenvalue weighted by molar-refractivity contribution is -0.156. The van der Waals surface area contributed by atoms with E-state index in [-0.39, 0.29) is 12.9 Å². The molecule has 1 spiro atoms. The highest BCUT2D eigenvalue weighted by atomic mass is 16.7. The number of rotatable bonds is 12. The first-order chi connectivity index (χ1) is 19.0. The zero-order chi connectivity index (χ0) is 27.5. The summed E-state index contributed by atoms with van der Waals surface area (Å²) in [4.78, 5) is 0. The van der Waals surface area contributed by atoms with E-state index >= 15 is 0 Å². The molecule has 2 aromatic rings. The van der Waals surface area contributed by atoms with E-state index in [1.165, 1.54) is 0 Å². The number of fused-ring (bicyclic) bond motifs is 3. The molecule has 1 fully saturated rings. The second-order valence-corrected chi connectivity index (χ2v) is 10.2. The maximum atomic E-state index is 6.91. The van der Waals surface area contributed by atoms with Crippen LogP contribution in [0.3, 0.4) is 0 Å². The molecule has 0 radical (unpaired) electrons. The zero-order valence-electron chi connectivity index (χ0n) is 23.1. The van der Waals surface area contributed by atoms with Gasteiger partial charge in [-0.1, -0.05) is 30.4 Å². The monoisotopic (exact) mass is 534 g/mol. The average molecular weight is 535 g/mol. The lowest BCUT2D eigenvalue weighted by Gasteiger charge is -2.41. The Morgan fingerprint density at radius 3 is 2.36 bits per heavy atom. The van der Waals surface area contributed by atoms with E-state index in [1.807, 2.05) is 18.2 Å². The van der Waals surface area contributed by atoms with E-state index in [9.17, 15) is 0 Å². The van der Waals surface area contributed by atoms with Gasteiger partial charge in [0.2, 0.25) is 0 Å². The van der Waals surface area contributed by atoms with E-state index in [4.69, 9.17) is 33.2 Å². The van der Waals surface area contributed by atoms with Crippen LogP contribution in [0, 0.1) is 0 Å². The second-order valence-electron chi connectivity index (χ2n) is 10.2. The predicted octanol–water partition coefficient (Wildman–Crippen LogP) is 5.50. The number of hydrogen-bond acceptors (Lipinski definition) is 7. The summed E-state index contributed by atoms with van der Waals surface area (Å²) in [5.74, 6) is 0.750. The van der Waals surface area contributed by atoms with Crippen LogP contribution in [0.5, 0.6) is 11.5 Å². The maximum Gasteiger partial charge on any atom is 0.191 e. The van der Waals surface area contributed by atoms with Crippen molar-refractivity contribution in [3.63, 3.8) is 0 Å². The fourth-order valence-corrected chi connectivity index (χ4v) is 5.95. The van der Waals surface area contributed by atoms with Crippen LogP contribution in [0.15, 0.2) is 67.8 Å². The molecule has 0 N–H and O–H groups in total. The molecule has 2 aromatic carbocycles. The van der Waals surface area contributed by atoms with Crippen LogP contribution in [0.1, 0.15) is 29.5 Å². The SMILES string of the molecule is C=CCc1ccc(OCOC)c(-c2cc(CC=C)cc3c2O[C@H]2CC4(C=C[C@@]32CC(OC)OC)OCCO4)c1. The molecule has 3 aliphatic rings. The average Bonchev–Trinajstić information content (AvgIpc) is 3.53. The summed E-state index contributed by atoms with van der Waals surface area (Å²) in [6.45, 7) is 9.17. The molecule has 2 heterocycles. The molecule has 2 aliphatic heterocycles. The summed E-state index contributed by atoms with van der Waals surface area (Å²) in [6.07, 6.45) is 9.95. The maximum absolute atomic E-state index is 6.91. The summed E-state index contributed by atoms with van der Waals surface area (Å²) in [6, 6.07) is 10.6. The first-order valence-electron chi connectivity index (χ1n) is 13.4. The van der Waals surface area contributed by atoms with Gasteiger partial charge in [-0.25, -0.2) is 0 Å². The van der Waals surface area contributed by atoms with Crippen molar-refractivity contribution in [2.24, 2.45) is 0 Å². The van der Waals surface area contributed by atoms with E-state index in [2.05, 4.69) is 49.6 Å². The topological polar surface area (TPSA) is 64.6 Å². The van der Waals surface area contributed by atoms with Crippen LogP contribution in [0.4, 0.5) is 0 Å². The normalized spacial score (nSPS) is 22.5. The van der Waals surface area contributed by atoms with Gasteiger partial charge in [-0.05, 0) is 48.2 Å². The molecular formula is C32H38O7. The van der Waals surface area contributed by atoms with Gasteiger partial charge in [0.05, 0.1) is 18.6 Å². The molecule has 0 unspecified atom stereocenters. The van der Waals surface area contributed by atoms with Crippen LogP contribution in [-0.4, -0.2) is 59.5 Å². The Morgan fingerprint density at radius 1 is 0.949 bits per heavy atom. The van der Waals surface area contributed by atoms with Gasteiger partial charge >= 0.3 is 0 Å². The molecule has 5 rings (SSSR count). The van der Waals surface area contributed by atoms with Gasteiger partial charge in [0.15, 0.2) is 18.9 Å². The van der Waals surface area contributed by atoms with Gasteiger partial charge in [-0.3, -0.25) is 0 Å². The minimum absolute atomic E-state index is 0.138. The summed E-state index contributed by atoms with van der Waals surface area (Å²) in [7, 11) is 4.94. The third-order valence-corrected chi connectivity index (χ3v) is 7.82. The van der Waals surface area contributed by atoms with E-state index in [0.29, 0.717) is 32.5 Å². The number of hydrogen-bond donors (Lipinski definition) is 0. The molecule has 0 saturated carbocycles. The minimum atomic E-state index is -0.785. The highest BCUT2D eigenvalue weighted by Crippen LogP contribution is 2.57. The van der Waals surface area contributed by atoms with Gasteiger partial charge in [0.25, 0.3) is 0 Å². The highest BCUT2D eigenvalue weighted by molar-refractivity contribution is 5.80. The standard InChI is InChI=1S/C32H38O7/c1-6-8-22-10-11-27(36-21-33-3)24(16-22)25-17-23(9-7-2)18-26-30(25)39-28-19-32(37-14-15-38-32)13-12-31(26,28)20-29(34-4)35-5/h6-7,10-13,16-18,28-29H,1-2,8-9,14-15,19-21H2,3-5H3/t28-,31+/m0/s1. The molecule has 7 heteroatoms. The molecule has 0 bridgehead atoms. The van der Waals surface area contributed by atoms with Crippen molar-refractivity contribution in [1.82, 2.24) is 0 Å². The first-order valence-corrected chi connectivity index (χ1v) is 13.4. The summed E-state index contributed by atoms with van der Waals surface area (Å²) >= 11 is 0. The molecule has 39 heavy (non-hydrogen) atoms. The van der Waals surface area contributed by atoms with Crippen molar-refractivity contribution in [3.05, 3.63) is 84.5 Å². The number of ether oxygens (including phenoxy) is 7. The highest BCUT2D eigenvalue weighted by Gasteiger charge is 2.56. The predicted molar refractivity (Wildman–Crippen MR) is 149 cm³/mol. The van der Waals surface area contributed by atoms with Crippen molar-refractivity contribution in [3.8, 4) is 22.6 Å². The third-order valence-electron chi connectivity index (χ3n) is 7.82. The summed E-state index contributed by atoms with van der Waals surface area (Å²) in [5, 5.41) is 0. The van der Waals surface area contributed by atoms with Gasteiger partial charge in [-0.15, -0.1) is 13.2 Å². The zero-order valence-corrected chi connectivity index (χ0v) is 23.1. The molecule has 2 atom stereocenters. The van der Waals surface area contributed by atoms with Gasteiger partial charge in [-0.2, -0.15) is 0 Å². The minimum Gasteiger partial charge on any atom is -0.488 e. The van der Waals surface area contributed by atoms with Crippen LogP contribution in [0.2, 0.25) is 0 Å². The van der Waals surface area contributed by atoms with Gasteiger partial charge in [0.1, 0.15) is 17.6 Å². The fraction of sp³-hybridized carbons (Fsp3) is 0.438. The van der Waals surface area contributed by atoms with Crippen LogP contribution >= 0.6 is 0 Å². The lowest BCUT2D eigenvalue weighted by Crippen LogP contribution is -2.49. The number of methoxy groups -OCH3 is 3. The fourth-order valence-electron chi connectivity index (χ4n) is 5.95. The lowest BCUT2D eigenvalue weighted by atomic mass is 9.68. The van der Waals surface area contributed by atoms with E-state index in [1.54, 1.807) is 21.3 Å². The summed E-state index contributed by atoms with van der Waals surface area (Å²) < 4.78 is 41.7. The second kappa shape index (κ2) is 11.7. The molecule has 1 saturated heterocycles. The van der Waals surface area contributed by atoms with Crippen LogP contribution in [-0.2, 0) is 41.9 Å². The number of benzene rings is 2. The Hall–Kier alpha value is -2.94. The van der Waals surface area contributed by atoms with Crippen molar-refractivity contribution in [2.75, 3.05) is 41.3 Å². The van der Waals surface area contributed by atoms with Crippen molar-refractivity contribution in [2.45, 2.75) is 49.3 Å².